The van der Waals surface area contributed by atoms with Gasteiger partial charge in [-0.1, -0.05) is 82.7 Å². The molecule has 0 atom stereocenters. The van der Waals surface area contributed by atoms with Gasteiger partial charge in [-0.05, 0) is 6.42 Å². The minimum Gasteiger partial charge on any atom is -0.431 e. The second-order valence-corrected chi connectivity index (χ2v) is 6.40. The SMILES string of the molecule is CCCCCCCCCN(C(=O)CC)c1nc(-c2ccccc2)co1. The largest absolute Gasteiger partial charge is 0.431 e. The van der Waals surface area contributed by atoms with E-state index in [0.717, 1.165) is 24.1 Å². The van der Waals surface area contributed by atoms with Gasteiger partial charge in [-0.3, -0.25) is 9.69 Å². The summed E-state index contributed by atoms with van der Waals surface area (Å²) >= 11 is 0. The molecule has 1 aromatic carbocycles. The van der Waals surface area contributed by atoms with Gasteiger partial charge in [-0.2, -0.15) is 4.98 Å². The fourth-order valence-electron chi connectivity index (χ4n) is 2.87. The lowest BCUT2D eigenvalue weighted by molar-refractivity contribution is -0.118. The Kier molecular flexibility index (Phi) is 8.23. The Morgan fingerprint density at radius 2 is 1.68 bits per heavy atom. The van der Waals surface area contributed by atoms with Crippen molar-refractivity contribution < 1.29 is 9.21 Å². The molecule has 0 radical (unpaired) electrons. The Morgan fingerprint density at radius 1 is 1.00 bits per heavy atom. The lowest BCUT2D eigenvalue weighted by Gasteiger charge is -2.17. The fraction of sp³-hybridized carbons (Fsp3) is 0.524. The molecule has 1 heterocycles. The van der Waals surface area contributed by atoms with E-state index in [0.29, 0.717) is 19.0 Å². The summed E-state index contributed by atoms with van der Waals surface area (Å²) in [4.78, 5) is 18.5. The zero-order valence-electron chi connectivity index (χ0n) is 15.5. The van der Waals surface area contributed by atoms with Crippen molar-refractivity contribution in [3.63, 3.8) is 0 Å². The van der Waals surface area contributed by atoms with Crippen molar-refractivity contribution >= 4 is 11.9 Å². The van der Waals surface area contributed by atoms with Crippen molar-refractivity contribution in [3.8, 4) is 11.3 Å². The number of anilines is 1. The van der Waals surface area contributed by atoms with E-state index >= 15 is 0 Å². The molecule has 0 fully saturated rings. The van der Waals surface area contributed by atoms with Crippen molar-refractivity contribution in [3.05, 3.63) is 36.6 Å². The van der Waals surface area contributed by atoms with Crippen LogP contribution in [0, 0.1) is 0 Å². The van der Waals surface area contributed by atoms with E-state index in [4.69, 9.17) is 4.42 Å². The van der Waals surface area contributed by atoms with E-state index in [1.54, 1.807) is 11.2 Å². The van der Waals surface area contributed by atoms with Crippen molar-refractivity contribution in [1.82, 2.24) is 4.98 Å². The minimum atomic E-state index is 0.0624. The zero-order valence-corrected chi connectivity index (χ0v) is 15.5. The summed E-state index contributed by atoms with van der Waals surface area (Å²) in [6.07, 6.45) is 10.6. The molecule has 0 aliphatic carbocycles. The second-order valence-electron chi connectivity index (χ2n) is 6.40. The topological polar surface area (TPSA) is 46.3 Å². The predicted molar refractivity (Wildman–Crippen MR) is 103 cm³/mol. The number of nitrogens with zero attached hydrogens (tertiary/aromatic N) is 2. The molecule has 4 heteroatoms. The average Bonchev–Trinajstić information content (AvgIpc) is 3.14. The molecule has 0 unspecified atom stereocenters. The summed E-state index contributed by atoms with van der Waals surface area (Å²) in [7, 11) is 0. The Labute approximate surface area is 151 Å². The van der Waals surface area contributed by atoms with Crippen LogP contribution in [0.25, 0.3) is 11.3 Å². The molecule has 4 nitrogen and oxygen atoms in total. The van der Waals surface area contributed by atoms with Crippen LogP contribution in [0.1, 0.15) is 65.2 Å². The van der Waals surface area contributed by atoms with Crippen LogP contribution in [-0.2, 0) is 4.79 Å². The van der Waals surface area contributed by atoms with Crippen LogP contribution < -0.4 is 4.90 Å². The number of aromatic nitrogens is 1. The summed E-state index contributed by atoms with van der Waals surface area (Å²) in [5.41, 5.74) is 1.77. The van der Waals surface area contributed by atoms with Gasteiger partial charge in [0.05, 0.1) is 0 Å². The van der Waals surface area contributed by atoms with Crippen LogP contribution in [0.3, 0.4) is 0 Å². The van der Waals surface area contributed by atoms with Gasteiger partial charge in [0, 0.05) is 18.5 Å². The van der Waals surface area contributed by atoms with Crippen LogP contribution in [0.5, 0.6) is 0 Å². The highest BCUT2D eigenvalue weighted by Crippen LogP contribution is 2.23. The number of oxazole rings is 1. The van der Waals surface area contributed by atoms with E-state index in [9.17, 15) is 4.79 Å². The number of unbranched alkanes of at least 4 members (excludes halogenated alkanes) is 6. The van der Waals surface area contributed by atoms with E-state index in [-0.39, 0.29) is 5.91 Å². The lowest BCUT2D eigenvalue weighted by atomic mass is 10.1. The zero-order chi connectivity index (χ0) is 17.9. The molecular formula is C21H30N2O2. The molecule has 136 valence electrons. The average molecular weight is 342 g/mol. The first-order valence-corrected chi connectivity index (χ1v) is 9.57. The maximum Gasteiger partial charge on any atom is 0.304 e. The number of hydrogen-bond donors (Lipinski definition) is 0. The molecule has 25 heavy (non-hydrogen) atoms. The number of benzene rings is 1. The van der Waals surface area contributed by atoms with Gasteiger partial charge in [-0.25, -0.2) is 0 Å². The summed E-state index contributed by atoms with van der Waals surface area (Å²) in [5.74, 6) is 0.0624. The highest BCUT2D eigenvalue weighted by Gasteiger charge is 2.19. The van der Waals surface area contributed by atoms with Crippen molar-refractivity contribution in [1.29, 1.82) is 0 Å². The molecule has 0 saturated heterocycles. The van der Waals surface area contributed by atoms with Gasteiger partial charge in [0.15, 0.2) is 0 Å². The first-order valence-electron chi connectivity index (χ1n) is 9.57. The number of carbonyl (C=O) groups is 1. The molecule has 0 saturated carbocycles. The van der Waals surface area contributed by atoms with Gasteiger partial charge < -0.3 is 4.42 Å². The highest BCUT2D eigenvalue weighted by atomic mass is 16.4. The van der Waals surface area contributed by atoms with Gasteiger partial charge in [-0.15, -0.1) is 0 Å². The molecule has 0 bridgehead atoms. The predicted octanol–water partition coefficient (Wildman–Crippen LogP) is 5.84. The summed E-state index contributed by atoms with van der Waals surface area (Å²) in [6.45, 7) is 4.78. The van der Waals surface area contributed by atoms with Crippen molar-refractivity contribution in [2.75, 3.05) is 11.4 Å². The van der Waals surface area contributed by atoms with Crippen LogP contribution in [0.15, 0.2) is 41.0 Å². The molecular weight excluding hydrogens is 312 g/mol. The van der Waals surface area contributed by atoms with Crippen LogP contribution in [0.2, 0.25) is 0 Å². The van der Waals surface area contributed by atoms with E-state index < -0.39 is 0 Å². The summed E-state index contributed by atoms with van der Waals surface area (Å²) in [6, 6.07) is 10.3. The van der Waals surface area contributed by atoms with Crippen molar-refractivity contribution in [2.24, 2.45) is 0 Å². The van der Waals surface area contributed by atoms with E-state index in [1.807, 2.05) is 37.3 Å². The monoisotopic (exact) mass is 342 g/mol. The number of rotatable bonds is 11. The van der Waals surface area contributed by atoms with E-state index in [2.05, 4.69) is 11.9 Å². The standard InChI is InChI=1S/C21H30N2O2/c1-3-5-6-7-8-9-13-16-23(20(24)4-2)21-22-19(17-25-21)18-14-11-10-12-15-18/h10-12,14-15,17H,3-9,13,16H2,1-2H3. The van der Waals surface area contributed by atoms with E-state index in [1.165, 1.54) is 32.1 Å². The molecule has 0 aliphatic heterocycles. The summed E-state index contributed by atoms with van der Waals surface area (Å²) in [5, 5.41) is 0. The lowest BCUT2D eigenvalue weighted by Crippen LogP contribution is -2.31. The molecule has 2 rings (SSSR count). The van der Waals surface area contributed by atoms with Gasteiger partial charge in [0.1, 0.15) is 12.0 Å². The Balaban J connectivity index is 1.92. The Hall–Kier alpha value is -2.10. The first kappa shape index (κ1) is 19.2. The number of hydrogen-bond acceptors (Lipinski definition) is 3. The fourth-order valence-corrected chi connectivity index (χ4v) is 2.87. The first-order chi connectivity index (χ1) is 12.3. The normalized spacial score (nSPS) is 10.8. The van der Waals surface area contributed by atoms with Gasteiger partial charge in [0.25, 0.3) is 0 Å². The number of amides is 1. The molecule has 0 N–H and O–H groups in total. The summed E-state index contributed by atoms with van der Waals surface area (Å²) < 4.78 is 5.61. The highest BCUT2D eigenvalue weighted by molar-refractivity contribution is 5.91. The third kappa shape index (κ3) is 6.04. The molecule has 1 amide bonds. The molecule has 0 spiro atoms. The third-order valence-electron chi connectivity index (χ3n) is 4.38. The van der Waals surface area contributed by atoms with Crippen LogP contribution in [-0.4, -0.2) is 17.4 Å². The minimum absolute atomic E-state index is 0.0624. The van der Waals surface area contributed by atoms with Gasteiger partial charge >= 0.3 is 6.01 Å². The van der Waals surface area contributed by atoms with Crippen LogP contribution >= 0.6 is 0 Å². The third-order valence-corrected chi connectivity index (χ3v) is 4.38. The second kappa shape index (κ2) is 10.7. The number of carbonyl (C=O) groups excluding carboxylic acids is 1. The quantitative estimate of drug-likeness (QED) is 0.482. The smallest absolute Gasteiger partial charge is 0.304 e. The van der Waals surface area contributed by atoms with Crippen molar-refractivity contribution in [2.45, 2.75) is 65.2 Å². The Morgan fingerprint density at radius 3 is 2.36 bits per heavy atom. The molecule has 2 aromatic rings. The molecule has 0 aliphatic rings. The molecule has 1 aromatic heterocycles. The Bertz CT molecular complexity index is 622. The maximum absolute atomic E-state index is 12.3. The van der Waals surface area contributed by atoms with Crippen LogP contribution in [0.4, 0.5) is 6.01 Å². The van der Waals surface area contributed by atoms with Gasteiger partial charge in [0.2, 0.25) is 5.91 Å². The maximum atomic E-state index is 12.3.